The van der Waals surface area contributed by atoms with Crippen LogP contribution in [0.25, 0.3) is 11.2 Å². The van der Waals surface area contributed by atoms with E-state index in [4.69, 9.17) is 4.98 Å². The second-order valence-corrected chi connectivity index (χ2v) is 8.72. The molecule has 0 atom stereocenters. The Hall–Kier alpha value is -4.19. The van der Waals surface area contributed by atoms with Crippen molar-refractivity contribution in [1.82, 2.24) is 19.9 Å². The van der Waals surface area contributed by atoms with Gasteiger partial charge in [-0.1, -0.05) is 86.1 Å². The maximum Gasteiger partial charge on any atom is 0.231 e. The lowest BCUT2D eigenvalue weighted by molar-refractivity contribution is 0.786. The number of nitrogens with one attached hydrogen (secondary N) is 2. The predicted molar refractivity (Wildman–Crippen MR) is 143 cm³/mol. The van der Waals surface area contributed by atoms with Crippen molar-refractivity contribution in [2.75, 3.05) is 10.2 Å². The highest BCUT2D eigenvalue weighted by Gasteiger charge is 2.18. The molecule has 3 aromatic carbocycles. The van der Waals surface area contributed by atoms with Crippen molar-refractivity contribution in [3.05, 3.63) is 108 Å². The maximum atomic E-state index is 4.97. The van der Waals surface area contributed by atoms with Crippen molar-refractivity contribution in [2.45, 2.75) is 39.3 Å². The van der Waals surface area contributed by atoms with Gasteiger partial charge in [0.1, 0.15) is 5.52 Å². The number of imidazole rings is 1. The number of anilines is 3. The lowest BCUT2D eigenvalue weighted by atomic mass is 10.1. The third-order valence-corrected chi connectivity index (χ3v) is 6.03. The minimum atomic E-state index is 0.534. The molecule has 176 valence electrons. The number of nitrogens with zero attached hydrogens (tertiary/aromatic N) is 4. The number of H-pyrrole nitrogens is 1. The Balaban J connectivity index is 1.48. The van der Waals surface area contributed by atoms with Gasteiger partial charge in [0, 0.05) is 18.8 Å². The molecular weight excluding hydrogens is 432 g/mol. The van der Waals surface area contributed by atoms with Gasteiger partial charge in [0.15, 0.2) is 11.5 Å². The number of hydrogen-bond acceptors (Lipinski definition) is 5. The molecule has 0 radical (unpaired) electrons. The number of unbranched alkanes of at least 4 members (excludes halogenated alkanes) is 1. The van der Waals surface area contributed by atoms with Crippen molar-refractivity contribution >= 4 is 28.6 Å². The summed E-state index contributed by atoms with van der Waals surface area (Å²) < 4.78 is 0. The van der Waals surface area contributed by atoms with Crippen LogP contribution < -0.4 is 10.2 Å². The normalized spacial score (nSPS) is 11.0. The molecule has 0 saturated carbocycles. The quantitative estimate of drug-likeness (QED) is 0.243. The third-order valence-electron chi connectivity index (χ3n) is 6.03. The van der Waals surface area contributed by atoms with Gasteiger partial charge in [0.05, 0.1) is 6.33 Å². The average Bonchev–Trinajstić information content (AvgIpc) is 3.37. The number of hydrogen-bond donors (Lipinski definition) is 2. The smallest absolute Gasteiger partial charge is 0.231 e. The minimum absolute atomic E-state index is 0.534. The Morgan fingerprint density at radius 2 is 1.43 bits per heavy atom. The Morgan fingerprint density at radius 3 is 2.06 bits per heavy atom. The van der Waals surface area contributed by atoms with Crippen molar-refractivity contribution in [3.63, 3.8) is 0 Å². The molecule has 0 aliphatic rings. The van der Waals surface area contributed by atoms with Gasteiger partial charge in [0.2, 0.25) is 5.95 Å². The van der Waals surface area contributed by atoms with Crippen LogP contribution >= 0.6 is 0 Å². The summed E-state index contributed by atoms with van der Waals surface area (Å²) in [4.78, 5) is 19.6. The van der Waals surface area contributed by atoms with E-state index >= 15 is 0 Å². The fraction of sp³-hybridized carbons (Fsp3) is 0.207. The fourth-order valence-electron chi connectivity index (χ4n) is 4.18. The number of aromatic nitrogens is 4. The molecule has 2 N–H and O–H groups in total. The number of aromatic amines is 1. The number of fused-ring (bicyclic) bond motifs is 1. The fourth-order valence-corrected chi connectivity index (χ4v) is 4.18. The summed E-state index contributed by atoms with van der Waals surface area (Å²) in [6.45, 7) is 3.65. The monoisotopic (exact) mass is 462 g/mol. The predicted octanol–water partition coefficient (Wildman–Crippen LogP) is 6.65. The first-order valence-electron chi connectivity index (χ1n) is 12.2. The number of aryl methyl sites for hydroxylation is 1. The Kier molecular flexibility index (Phi) is 6.99. The van der Waals surface area contributed by atoms with Crippen molar-refractivity contribution in [3.8, 4) is 0 Å². The molecule has 35 heavy (non-hydrogen) atoms. The van der Waals surface area contributed by atoms with Crippen LogP contribution in [0.3, 0.4) is 0 Å². The van der Waals surface area contributed by atoms with Crippen LogP contribution in [-0.2, 0) is 19.5 Å². The molecule has 0 saturated heterocycles. The molecule has 0 aliphatic carbocycles. The summed E-state index contributed by atoms with van der Waals surface area (Å²) in [5, 5.41) is 3.39. The number of benzene rings is 3. The SMILES string of the molecule is CCCCc1ccc(Nc2nc(N(Cc3ccccc3)Cc3ccccc3)c3[nH]cnc3n2)cc1. The summed E-state index contributed by atoms with van der Waals surface area (Å²) in [6.07, 6.45) is 5.18. The lowest BCUT2D eigenvalue weighted by Crippen LogP contribution is -2.24. The van der Waals surface area contributed by atoms with E-state index in [2.05, 4.69) is 105 Å². The molecule has 0 aliphatic heterocycles. The van der Waals surface area contributed by atoms with E-state index in [1.807, 2.05) is 12.1 Å². The highest BCUT2D eigenvalue weighted by molar-refractivity contribution is 5.84. The van der Waals surface area contributed by atoms with Gasteiger partial charge in [0.25, 0.3) is 0 Å². The Bertz CT molecular complexity index is 1310. The van der Waals surface area contributed by atoms with Gasteiger partial charge in [-0.3, -0.25) is 0 Å². The summed E-state index contributed by atoms with van der Waals surface area (Å²) >= 11 is 0. The molecule has 0 amide bonds. The maximum absolute atomic E-state index is 4.97. The summed E-state index contributed by atoms with van der Waals surface area (Å²) in [6, 6.07) is 29.4. The van der Waals surface area contributed by atoms with Crippen LogP contribution in [-0.4, -0.2) is 19.9 Å². The van der Waals surface area contributed by atoms with E-state index in [1.165, 1.54) is 29.5 Å². The molecule has 5 rings (SSSR count). The first-order valence-corrected chi connectivity index (χ1v) is 12.2. The second-order valence-electron chi connectivity index (χ2n) is 8.72. The van der Waals surface area contributed by atoms with Crippen LogP contribution in [0.1, 0.15) is 36.5 Å². The zero-order valence-corrected chi connectivity index (χ0v) is 20.0. The van der Waals surface area contributed by atoms with Gasteiger partial charge in [-0.2, -0.15) is 9.97 Å². The Morgan fingerprint density at radius 1 is 0.771 bits per heavy atom. The van der Waals surface area contributed by atoms with Crippen molar-refractivity contribution in [2.24, 2.45) is 0 Å². The largest absolute Gasteiger partial charge is 0.346 e. The highest BCUT2D eigenvalue weighted by Crippen LogP contribution is 2.27. The van der Waals surface area contributed by atoms with Crippen LogP contribution in [0.2, 0.25) is 0 Å². The zero-order valence-electron chi connectivity index (χ0n) is 20.0. The van der Waals surface area contributed by atoms with E-state index in [9.17, 15) is 0 Å². The van der Waals surface area contributed by atoms with E-state index in [0.29, 0.717) is 24.7 Å². The van der Waals surface area contributed by atoms with Gasteiger partial charge < -0.3 is 15.2 Å². The van der Waals surface area contributed by atoms with E-state index in [1.54, 1.807) is 6.33 Å². The van der Waals surface area contributed by atoms with E-state index in [0.717, 1.165) is 23.4 Å². The summed E-state index contributed by atoms with van der Waals surface area (Å²) in [7, 11) is 0. The second kappa shape index (κ2) is 10.8. The van der Waals surface area contributed by atoms with Crippen LogP contribution in [0.5, 0.6) is 0 Å². The van der Waals surface area contributed by atoms with Crippen LogP contribution in [0.15, 0.2) is 91.3 Å². The summed E-state index contributed by atoms with van der Waals surface area (Å²) in [5.41, 5.74) is 6.21. The Labute approximate surface area is 206 Å². The zero-order chi connectivity index (χ0) is 23.9. The first-order chi connectivity index (χ1) is 17.3. The molecule has 2 heterocycles. The van der Waals surface area contributed by atoms with Crippen LogP contribution in [0, 0.1) is 0 Å². The van der Waals surface area contributed by atoms with Gasteiger partial charge in [-0.15, -0.1) is 0 Å². The molecule has 0 fully saturated rings. The van der Waals surface area contributed by atoms with Gasteiger partial charge in [-0.05, 0) is 41.7 Å². The minimum Gasteiger partial charge on any atom is -0.346 e. The van der Waals surface area contributed by atoms with Crippen LogP contribution in [0.4, 0.5) is 17.5 Å². The number of rotatable bonds is 10. The molecule has 0 bridgehead atoms. The molecule has 0 spiro atoms. The summed E-state index contributed by atoms with van der Waals surface area (Å²) in [5.74, 6) is 1.36. The van der Waals surface area contributed by atoms with Gasteiger partial charge in [-0.25, -0.2) is 4.98 Å². The molecule has 6 heteroatoms. The molecule has 6 nitrogen and oxygen atoms in total. The molecule has 2 aromatic heterocycles. The van der Waals surface area contributed by atoms with Crippen molar-refractivity contribution in [1.29, 1.82) is 0 Å². The molecule has 5 aromatic rings. The van der Waals surface area contributed by atoms with E-state index < -0.39 is 0 Å². The lowest BCUT2D eigenvalue weighted by Gasteiger charge is -2.25. The average molecular weight is 463 g/mol. The standard InChI is InChI=1S/C29H30N6/c1-2-3-10-22-15-17-25(18-16-22)32-29-33-27-26(30-21-31-27)28(34-29)35(19-23-11-6-4-7-12-23)20-24-13-8-5-9-14-24/h4-9,11-18,21H,2-3,10,19-20H2,1H3,(H2,30,31,32,33,34). The highest BCUT2D eigenvalue weighted by atomic mass is 15.2. The van der Waals surface area contributed by atoms with E-state index in [-0.39, 0.29) is 0 Å². The van der Waals surface area contributed by atoms with Crippen molar-refractivity contribution < 1.29 is 0 Å². The topological polar surface area (TPSA) is 69.7 Å². The third kappa shape index (κ3) is 5.66. The first kappa shape index (κ1) is 22.6. The van der Waals surface area contributed by atoms with Gasteiger partial charge >= 0.3 is 0 Å². The molecular formula is C29H30N6. The molecule has 0 unspecified atom stereocenters.